The third kappa shape index (κ3) is 1.63. The van der Waals surface area contributed by atoms with Crippen LogP contribution >= 0.6 is 11.6 Å². The summed E-state index contributed by atoms with van der Waals surface area (Å²) in [7, 11) is 0. The Labute approximate surface area is 95.4 Å². The molecule has 1 aliphatic rings. The summed E-state index contributed by atoms with van der Waals surface area (Å²) in [6.07, 6.45) is 3.65. The summed E-state index contributed by atoms with van der Waals surface area (Å²) in [6.45, 7) is 0. The monoisotopic (exact) mass is 237 g/mol. The number of nitrogens with one attached hydrogen (secondary N) is 1. The minimum atomic E-state index is -0.301. The zero-order chi connectivity index (χ0) is 11.1. The molecule has 0 saturated heterocycles. The number of pyridine rings is 1. The first-order valence-electron chi connectivity index (χ1n) is 4.94. The molecule has 0 atom stereocenters. The fourth-order valence-corrected chi connectivity index (χ4v) is 1.59. The Balaban J connectivity index is 2.16. The summed E-state index contributed by atoms with van der Waals surface area (Å²) < 4.78 is 5.56. The fraction of sp³-hybridized carbons (Fsp3) is 0.300. The van der Waals surface area contributed by atoms with E-state index in [2.05, 4.69) is 15.0 Å². The molecule has 2 aromatic rings. The summed E-state index contributed by atoms with van der Waals surface area (Å²) in [4.78, 5) is 21.9. The molecule has 16 heavy (non-hydrogen) atoms. The first-order chi connectivity index (χ1) is 7.74. The first kappa shape index (κ1) is 9.59. The van der Waals surface area contributed by atoms with Gasteiger partial charge in [-0.25, -0.2) is 9.97 Å². The van der Waals surface area contributed by atoms with Crippen LogP contribution in [0.15, 0.2) is 17.2 Å². The Morgan fingerprint density at radius 1 is 1.50 bits per heavy atom. The second-order valence-corrected chi connectivity index (χ2v) is 4.05. The van der Waals surface area contributed by atoms with Crippen molar-refractivity contribution in [3.8, 4) is 5.75 Å². The van der Waals surface area contributed by atoms with Crippen LogP contribution in [0.4, 0.5) is 0 Å². The second kappa shape index (κ2) is 3.45. The molecule has 6 heteroatoms. The normalized spacial score (nSPS) is 15.3. The molecular weight excluding hydrogens is 230 g/mol. The number of aromatic amines is 1. The van der Waals surface area contributed by atoms with Crippen LogP contribution in [0, 0.1) is 0 Å². The topological polar surface area (TPSA) is 67.9 Å². The zero-order valence-corrected chi connectivity index (χ0v) is 8.99. The largest absolute Gasteiger partial charge is 0.487 e. The van der Waals surface area contributed by atoms with Crippen molar-refractivity contribution in [3.05, 3.63) is 27.9 Å². The maximum atomic E-state index is 11.4. The van der Waals surface area contributed by atoms with Gasteiger partial charge in [0.2, 0.25) is 0 Å². The van der Waals surface area contributed by atoms with E-state index in [1.54, 1.807) is 6.07 Å². The minimum absolute atomic E-state index is 0.206. The molecule has 1 fully saturated rings. The molecule has 1 N–H and O–H groups in total. The maximum absolute atomic E-state index is 11.4. The molecule has 2 heterocycles. The molecule has 0 radical (unpaired) electrons. The van der Waals surface area contributed by atoms with E-state index < -0.39 is 0 Å². The standard InChI is InChI=1S/C10H8ClN3O2/c11-9-7(16-5-1-2-5)3-6-8(14-9)10(15)13-4-12-6/h3-5H,1-2H2,(H,12,13,15). The molecule has 0 spiro atoms. The number of hydrogen-bond donors (Lipinski definition) is 1. The molecule has 2 aromatic heterocycles. The predicted octanol–water partition coefficient (Wildman–Crippen LogP) is 1.51. The number of fused-ring (bicyclic) bond motifs is 1. The van der Waals surface area contributed by atoms with Crippen molar-refractivity contribution in [2.24, 2.45) is 0 Å². The number of halogens is 1. The summed E-state index contributed by atoms with van der Waals surface area (Å²) >= 11 is 5.93. The average molecular weight is 238 g/mol. The van der Waals surface area contributed by atoms with E-state index in [0.717, 1.165) is 12.8 Å². The molecule has 1 aliphatic carbocycles. The Morgan fingerprint density at radius 3 is 3.06 bits per heavy atom. The van der Waals surface area contributed by atoms with E-state index in [-0.39, 0.29) is 22.3 Å². The zero-order valence-electron chi connectivity index (χ0n) is 8.24. The molecule has 5 nitrogen and oxygen atoms in total. The van der Waals surface area contributed by atoms with Crippen LogP contribution in [0.2, 0.25) is 5.15 Å². The van der Waals surface area contributed by atoms with Gasteiger partial charge in [-0.2, -0.15) is 0 Å². The quantitative estimate of drug-likeness (QED) is 0.804. The van der Waals surface area contributed by atoms with Crippen molar-refractivity contribution in [2.75, 3.05) is 0 Å². The van der Waals surface area contributed by atoms with Crippen LogP contribution in [-0.4, -0.2) is 21.1 Å². The van der Waals surface area contributed by atoms with Crippen molar-refractivity contribution >= 4 is 22.6 Å². The van der Waals surface area contributed by atoms with Gasteiger partial charge in [0.15, 0.2) is 16.4 Å². The lowest BCUT2D eigenvalue weighted by molar-refractivity contribution is 0.302. The highest BCUT2D eigenvalue weighted by Crippen LogP contribution is 2.31. The summed E-state index contributed by atoms with van der Waals surface area (Å²) in [5.74, 6) is 0.495. The van der Waals surface area contributed by atoms with E-state index in [1.165, 1.54) is 6.33 Å². The molecular formula is C10H8ClN3O2. The fourth-order valence-electron chi connectivity index (χ4n) is 1.41. The third-order valence-electron chi connectivity index (χ3n) is 2.36. The van der Waals surface area contributed by atoms with Gasteiger partial charge >= 0.3 is 0 Å². The van der Waals surface area contributed by atoms with Crippen LogP contribution in [0.1, 0.15) is 12.8 Å². The van der Waals surface area contributed by atoms with Gasteiger partial charge in [0.05, 0.1) is 17.9 Å². The van der Waals surface area contributed by atoms with Crippen molar-refractivity contribution in [1.82, 2.24) is 15.0 Å². The lowest BCUT2D eigenvalue weighted by atomic mass is 10.3. The lowest BCUT2D eigenvalue weighted by Gasteiger charge is -2.06. The van der Waals surface area contributed by atoms with Gasteiger partial charge < -0.3 is 9.72 Å². The van der Waals surface area contributed by atoms with Crippen LogP contribution in [0.25, 0.3) is 11.0 Å². The van der Waals surface area contributed by atoms with Gasteiger partial charge in [-0.05, 0) is 12.8 Å². The molecule has 0 bridgehead atoms. The van der Waals surface area contributed by atoms with Crippen molar-refractivity contribution in [2.45, 2.75) is 18.9 Å². The predicted molar refractivity (Wildman–Crippen MR) is 58.8 cm³/mol. The highest BCUT2D eigenvalue weighted by molar-refractivity contribution is 6.31. The van der Waals surface area contributed by atoms with Gasteiger partial charge in [-0.15, -0.1) is 0 Å². The molecule has 1 saturated carbocycles. The van der Waals surface area contributed by atoms with Gasteiger partial charge in [0, 0.05) is 6.07 Å². The Hall–Kier alpha value is -1.62. The molecule has 0 amide bonds. The van der Waals surface area contributed by atoms with Gasteiger partial charge in [0.25, 0.3) is 5.56 Å². The van der Waals surface area contributed by atoms with Gasteiger partial charge in [0.1, 0.15) is 0 Å². The Morgan fingerprint density at radius 2 is 2.31 bits per heavy atom. The number of rotatable bonds is 2. The van der Waals surface area contributed by atoms with E-state index in [1.807, 2.05) is 0 Å². The SMILES string of the molecule is O=c1[nH]cnc2cc(OC3CC3)c(Cl)nc12. The van der Waals surface area contributed by atoms with Crippen LogP contribution in [0.3, 0.4) is 0 Å². The number of aromatic nitrogens is 3. The highest BCUT2D eigenvalue weighted by Gasteiger charge is 2.25. The van der Waals surface area contributed by atoms with Gasteiger partial charge in [-0.1, -0.05) is 11.6 Å². The smallest absolute Gasteiger partial charge is 0.277 e. The molecule has 0 aromatic carbocycles. The highest BCUT2D eigenvalue weighted by atomic mass is 35.5. The Bertz CT molecular complexity index is 607. The summed E-state index contributed by atoms with van der Waals surface area (Å²) in [5, 5.41) is 0.206. The second-order valence-electron chi connectivity index (χ2n) is 3.69. The van der Waals surface area contributed by atoms with E-state index in [4.69, 9.17) is 16.3 Å². The maximum Gasteiger partial charge on any atom is 0.277 e. The molecule has 82 valence electrons. The minimum Gasteiger partial charge on any atom is -0.487 e. The van der Waals surface area contributed by atoms with Gasteiger partial charge in [-0.3, -0.25) is 4.79 Å². The number of H-pyrrole nitrogens is 1. The molecule has 3 rings (SSSR count). The Kier molecular flexibility index (Phi) is 2.07. The third-order valence-corrected chi connectivity index (χ3v) is 2.63. The lowest BCUT2D eigenvalue weighted by Crippen LogP contribution is -2.09. The summed E-state index contributed by atoms with van der Waals surface area (Å²) in [5.41, 5.74) is 0.421. The van der Waals surface area contributed by atoms with E-state index >= 15 is 0 Å². The molecule has 0 unspecified atom stereocenters. The van der Waals surface area contributed by atoms with Crippen LogP contribution in [0.5, 0.6) is 5.75 Å². The van der Waals surface area contributed by atoms with E-state index in [9.17, 15) is 4.79 Å². The first-order valence-corrected chi connectivity index (χ1v) is 5.32. The van der Waals surface area contributed by atoms with Crippen LogP contribution < -0.4 is 10.3 Å². The van der Waals surface area contributed by atoms with Crippen molar-refractivity contribution in [1.29, 1.82) is 0 Å². The van der Waals surface area contributed by atoms with E-state index in [0.29, 0.717) is 11.3 Å². The summed E-state index contributed by atoms with van der Waals surface area (Å²) in [6, 6.07) is 1.65. The molecule has 0 aliphatic heterocycles. The number of hydrogen-bond acceptors (Lipinski definition) is 4. The average Bonchev–Trinajstić information content (AvgIpc) is 3.05. The number of ether oxygens (including phenoxy) is 1. The number of nitrogens with zero attached hydrogens (tertiary/aromatic N) is 2. The van der Waals surface area contributed by atoms with Crippen molar-refractivity contribution < 1.29 is 4.74 Å². The van der Waals surface area contributed by atoms with Crippen LogP contribution in [-0.2, 0) is 0 Å². The van der Waals surface area contributed by atoms with Crippen molar-refractivity contribution in [3.63, 3.8) is 0 Å².